The largest absolute Gasteiger partial charge is 0.495 e. The Morgan fingerprint density at radius 1 is 1.12 bits per heavy atom. The summed E-state index contributed by atoms with van der Waals surface area (Å²) in [4.78, 5) is 2.09. The highest BCUT2D eigenvalue weighted by Gasteiger charge is 2.24. The van der Waals surface area contributed by atoms with E-state index in [2.05, 4.69) is 4.72 Å². The van der Waals surface area contributed by atoms with Crippen LogP contribution in [0.1, 0.15) is 0 Å². The van der Waals surface area contributed by atoms with Crippen molar-refractivity contribution in [3.05, 3.63) is 47.5 Å². The van der Waals surface area contributed by atoms with Gasteiger partial charge in [-0.25, -0.2) is 8.42 Å². The molecule has 0 unspecified atom stereocenters. The molecule has 1 fully saturated rings. The molecule has 0 bridgehead atoms. The van der Waals surface area contributed by atoms with E-state index in [4.69, 9.17) is 21.1 Å². The lowest BCUT2D eigenvalue weighted by Crippen LogP contribution is -2.37. The third kappa shape index (κ3) is 3.84. The fourth-order valence-corrected chi connectivity index (χ4v) is 4.28. The van der Waals surface area contributed by atoms with E-state index >= 15 is 0 Å². The van der Waals surface area contributed by atoms with Crippen molar-refractivity contribution in [3.63, 3.8) is 0 Å². The van der Waals surface area contributed by atoms with E-state index in [1.165, 1.54) is 13.2 Å². The Labute approximate surface area is 152 Å². The van der Waals surface area contributed by atoms with Gasteiger partial charge in [-0.1, -0.05) is 29.8 Å². The predicted molar refractivity (Wildman–Crippen MR) is 98.3 cm³/mol. The van der Waals surface area contributed by atoms with Gasteiger partial charge in [-0.3, -0.25) is 4.72 Å². The first-order valence-electron chi connectivity index (χ1n) is 7.80. The van der Waals surface area contributed by atoms with Crippen LogP contribution in [0.4, 0.5) is 11.4 Å². The van der Waals surface area contributed by atoms with E-state index in [0.29, 0.717) is 42.7 Å². The number of nitrogens with zero attached hydrogens (tertiary/aromatic N) is 1. The second-order valence-electron chi connectivity index (χ2n) is 5.49. The maximum Gasteiger partial charge on any atom is 0.265 e. The Kier molecular flexibility index (Phi) is 5.36. The van der Waals surface area contributed by atoms with Gasteiger partial charge in [-0.2, -0.15) is 0 Å². The summed E-state index contributed by atoms with van der Waals surface area (Å²) in [6, 6.07) is 11.6. The van der Waals surface area contributed by atoms with Crippen LogP contribution in [0.25, 0.3) is 0 Å². The lowest BCUT2D eigenvalue weighted by molar-refractivity contribution is 0.123. The normalized spacial score (nSPS) is 15.0. The number of hydrogen-bond acceptors (Lipinski definition) is 5. The molecule has 0 radical (unpaired) electrons. The van der Waals surface area contributed by atoms with Gasteiger partial charge in [0.2, 0.25) is 0 Å². The van der Waals surface area contributed by atoms with Crippen LogP contribution in [-0.2, 0) is 14.8 Å². The zero-order valence-corrected chi connectivity index (χ0v) is 15.3. The molecule has 6 nitrogen and oxygen atoms in total. The zero-order chi connectivity index (χ0) is 17.9. The zero-order valence-electron chi connectivity index (χ0n) is 13.7. The molecule has 1 heterocycles. The van der Waals surface area contributed by atoms with E-state index in [9.17, 15) is 8.42 Å². The van der Waals surface area contributed by atoms with Crippen LogP contribution in [0.15, 0.2) is 47.4 Å². The minimum Gasteiger partial charge on any atom is -0.495 e. The average Bonchev–Trinajstić information content (AvgIpc) is 2.62. The fraction of sp³-hybridized carbons (Fsp3) is 0.294. The first kappa shape index (κ1) is 17.8. The van der Waals surface area contributed by atoms with Crippen LogP contribution >= 0.6 is 11.6 Å². The van der Waals surface area contributed by atoms with E-state index in [1.54, 1.807) is 36.4 Å². The van der Waals surface area contributed by atoms with Crippen LogP contribution in [-0.4, -0.2) is 41.8 Å². The number of anilines is 2. The quantitative estimate of drug-likeness (QED) is 0.861. The van der Waals surface area contributed by atoms with Gasteiger partial charge < -0.3 is 14.4 Å². The van der Waals surface area contributed by atoms with Crippen molar-refractivity contribution in [2.45, 2.75) is 4.90 Å². The van der Waals surface area contributed by atoms with Gasteiger partial charge >= 0.3 is 0 Å². The molecule has 8 heteroatoms. The molecule has 134 valence electrons. The summed E-state index contributed by atoms with van der Waals surface area (Å²) in [7, 11) is -2.39. The van der Waals surface area contributed by atoms with E-state index in [-0.39, 0.29) is 10.6 Å². The molecule has 1 aliphatic heterocycles. The van der Waals surface area contributed by atoms with Gasteiger partial charge in [0.15, 0.2) is 0 Å². The van der Waals surface area contributed by atoms with Gasteiger partial charge in [-0.05, 0) is 24.3 Å². The van der Waals surface area contributed by atoms with Gasteiger partial charge in [0.25, 0.3) is 10.0 Å². The van der Waals surface area contributed by atoms with Gasteiger partial charge in [-0.15, -0.1) is 0 Å². The Balaban J connectivity index is 1.98. The summed E-state index contributed by atoms with van der Waals surface area (Å²) < 4.78 is 38.9. The number of morpholine rings is 1. The number of nitrogens with one attached hydrogen (secondary N) is 1. The molecule has 2 aromatic rings. The standard InChI is InChI=1S/C17H19ClN2O4S/c1-23-15-7-2-3-8-16(15)25(21,22)19-14-6-4-5-13(18)17(14)20-9-11-24-12-10-20/h2-8,19H,9-12H2,1H3. The van der Waals surface area contributed by atoms with Gasteiger partial charge in [0.1, 0.15) is 10.6 Å². The lowest BCUT2D eigenvalue weighted by atomic mass is 10.2. The third-order valence-corrected chi connectivity index (χ3v) is 5.63. The van der Waals surface area contributed by atoms with Gasteiger partial charge in [0, 0.05) is 13.1 Å². The Morgan fingerprint density at radius 3 is 2.56 bits per heavy atom. The first-order chi connectivity index (χ1) is 12.0. The second kappa shape index (κ2) is 7.51. The molecule has 0 amide bonds. The first-order valence-corrected chi connectivity index (χ1v) is 9.66. The molecule has 0 aromatic heterocycles. The monoisotopic (exact) mass is 382 g/mol. The van der Waals surface area contributed by atoms with Crippen molar-refractivity contribution in [3.8, 4) is 5.75 Å². The van der Waals surface area contributed by atoms with Crippen LogP contribution in [0.5, 0.6) is 5.75 Å². The number of halogens is 1. The molecule has 25 heavy (non-hydrogen) atoms. The van der Waals surface area contributed by atoms with E-state index in [0.717, 1.165) is 0 Å². The van der Waals surface area contributed by atoms with Crippen LogP contribution in [0, 0.1) is 0 Å². The molecule has 3 rings (SSSR count). The number of rotatable bonds is 5. The number of sulfonamides is 1. The fourth-order valence-electron chi connectivity index (χ4n) is 2.75. The van der Waals surface area contributed by atoms with Crippen LogP contribution in [0.2, 0.25) is 5.02 Å². The maximum absolute atomic E-state index is 12.9. The van der Waals surface area contributed by atoms with Crippen molar-refractivity contribution < 1.29 is 17.9 Å². The second-order valence-corrected chi connectivity index (χ2v) is 7.55. The highest BCUT2D eigenvalue weighted by atomic mass is 35.5. The number of ether oxygens (including phenoxy) is 2. The molecule has 0 saturated carbocycles. The number of benzene rings is 2. The van der Waals surface area contributed by atoms with Crippen molar-refractivity contribution in [1.82, 2.24) is 0 Å². The molecular weight excluding hydrogens is 364 g/mol. The maximum atomic E-state index is 12.9. The SMILES string of the molecule is COc1ccccc1S(=O)(=O)Nc1cccc(Cl)c1N1CCOCC1. The summed E-state index contributed by atoms with van der Waals surface area (Å²) in [6.07, 6.45) is 0. The van der Waals surface area contributed by atoms with Crippen molar-refractivity contribution in [1.29, 1.82) is 0 Å². The number of para-hydroxylation sites is 2. The Bertz CT molecular complexity index is 851. The van der Waals surface area contributed by atoms with Crippen LogP contribution in [0.3, 0.4) is 0 Å². The molecule has 1 N–H and O–H groups in total. The van der Waals surface area contributed by atoms with Crippen LogP contribution < -0.4 is 14.4 Å². The highest BCUT2D eigenvalue weighted by Crippen LogP contribution is 2.36. The predicted octanol–water partition coefficient (Wildman–Crippen LogP) is 2.99. The summed E-state index contributed by atoms with van der Waals surface area (Å²) in [5.74, 6) is 0.282. The lowest BCUT2D eigenvalue weighted by Gasteiger charge is -2.31. The van der Waals surface area contributed by atoms with Gasteiger partial charge in [0.05, 0.1) is 36.7 Å². The highest BCUT2D eigenvalue weighted by molar-refractivity contribution is 7.92. The topological polar surface area (TPSA) is 67.9 Å². The van der Waals surface area contributed by atoms with E-state index < -0.39 is 10.0 Å². The minimum atomic E-state index is -3.83. The molecular formula is C17H19ClN2O4S. The molecule has 1 saturated heterocycles. The smallest absolute Gasteiger partial charge is 0.265 e. The Hall–Kier alpha value is -1.96. The number of hydrogen-bond donors (Lipinski definition) is 1. The summed E-state index contributed by atoms with van der Waals surface area (Å²) >= 11 is 6.35. The molecule has 0 spiro atoms. The minimum absolute atomic E-state index is 0.0744. The van der Waals surface area contributed by atoms with E-state index in [1.807, 2.05) is 4.90 Å². The summed E-state index contributed by atoms with van der Waals surface area (Å²) in [5.41, 5.74) is 1.09. The summed E-state index contributed by atoms with van der Waals surface area (Å²) in [5, 5.41) is 0.488. The van der Waals surface area contributed by atoms with Crippen molar-refractivity contribution in [2.75, 3.05) is 43.0 Å². The molecule has 0 atom stereocenters. The third-order valence-electron chi connectivity index (χ3n) is 3.92. The molecule has 2 aromatic carbocycles. The van der Waals surface area contributed by atoms with Crippen molar-refractivity contribution in [2.24, 2.45) is 0 Å². The number of methoxy groups -OCH3 is 1. The molecule has 0 aliphatic carbocycles. The van der Waals surface area contributed by atoms with Crippen molar-refractivity contribution >= 4 is 33.0 Å². The Morgan fingerprint density at radius 2 is 1.84 bits per heavy atom. The molecule has 1 aliphatic rings. The average molecular weight is 383 g/mol. The summed E-state index contributed by atoms with van der Waals surface area (Å²) in [6.45, 7) is 2.44.